The average molecular weight is 479 g/mol. The normalized spacial score (nSPS) is 15.4. The third kappa shape index (κ3) is 4.67. The average Bonchev–Trinajstić information content (AvgIpc) is 3.51. The molecule has 182 valence electrons. The number of fused-ring (bicyclic) bond motifs is 2. The molecule has 1 unspecified atom stereocenters. The Labute approximate surface area is 210 Å². The lowest BCUT2D eigenvalue weighted by Crippen LogP contribution is -2.32. The molecule has 0 spiro atoms. The molecular formula is C29H30N6O. The molecule has 0 fully saturated rings. The van der Waals surface area contributed by atoms with E-state index in [2.05, 4.69) is 44.9 Å². The number of benzene rings is 2. The summed E-state index contributed by atoms with van der Waals surface area (Å²) in [6, 6.07) is 22.8. The van der Waals surface area contributed by atoms with Crippen molar-refractivity contribution in [3.05, 3.63) is 113 Å². The van der Waals surface area contributed by atoms with Crippen LogP contribution in [-0.4, -0.2) is 34.5 Å². The highest BCUT2D eigenvalue weighted by Crippen LogP contribution is 2.34. The molecule has 6 rings (SSSR count). The molecule has 7 nitrogen and oxygen atoms in total. The molecule has 3 heterocycles. The number of aromatic amines is 1. The smallest absolute Gasteiger partial charge is 0.135 e. The Bertz CT molecular complexity index is 1420. The number of aliphatic hydroxyl groups excluding tert-OH is 1. The van der Waals surface area contributed by atoms with Crippen molar-refractivity contribution in [2.45, 2.75) is 51.5 Å². The van der Waals surface area contributed by atoms with Crippen molar-refractivity contribution >= 4 is 11.0 Å². The molecular weight excluding hydrogens is 448 g/mol. The van der Waals surface area contributed by atoms with Gasteiger partial charge in [-0.05, 0) is 48.6 Å². The van der Waals surface area contributed by atoms with Crippen molar-refractivity contribution < 1.29 is 5.11 Å². The van der Waals surface area contributed by atoms with Crippen LogP contribution in [0.1, 0.15) is 53.0 Å². The van der Waals surface area contributed by atoms with Gasteiger partial charge in [0.2, 0.25) is 0 Å². The highest BCUT2D eigenvalue weighted by molar-refractivity contribution is 5.74. The number of H-pyrrole nitrogens is 1. The topological polar surface area (TPSA) is 82.9 Å². The molecule has 3 aromatic heterocycles. The Morgan fingerprint density at radius 3 is 2.69 bits per heavy atom. The summed E-state index contributed by atoms with van der Waals surface area (Å²) in [5.74, 6) is 1.62. The van der Waals surface area contributed by atoms with Crippen LogP contribution >= 0.6 is 0 Å². The van der Waals surface area contributed by atoms with E-state index < -0.39 is 0 Å². The minimum absolute atomic E-state index is 0.0930. The van der Waals surface area contributed by atoms with Crippen molar-refractivity contribution in [1.82, 2.24) is 29.4 Å². The van der Waals surface area contributed by atoms with Gasteiger partial charge < -0.3 is 14.7 Å². The second kappa shape index (κ2) is 10.0. The first-order valence-corrected chi connectivity index (χ1v) is 12.6. The van der Waals surface area contributed by atoms with E-state index in [9.17, 15) is 5.11 Å². The SMILES string of the molecule is OCc1nc(CN(Cc2nc3ccccc3[nH]2)C2CCCc3cccnc32)cn1Cc1ccccc1. The summed E-state index contributed by atoms with van der Waals surface area (Å²) >= 11 is 0. The zero-order chi connectivity index (χ0) is 24.3. The lowest BCUT2D eigenvalue weighted by Gasteiger charge is -2.34. The van der Waals surface area contributed by atoms with Gasteiger partial charge in [0.25, 0.3) is 0 Å². The fraction of sp³-hybridized carbons (Fsp3) is 0.276. The summed E-state index contributed by atoms with van der Waals surface area (Å²) in [5, 5.41) is 10.0. The molecule has 0 saturated carbocycles. The van der Waals surface area contributed by atoms with Gasteiger partial charge in [0.15, 0.2) is 0 Å². The largest absolute Gasteiger partial charge is 0.388 e. The fourth-order valence-electron chi connectivity index (χ4n) is 5.33. The molecule has 0 saturated heterocycles. The summed E-state index contributed by atoms with van der Waals surface area (Å²) in [4.78, 5) is 20.4. The number of nitrogens with zero attached hydrogens (tertiary/aromatic N) is 5. The number of aryl methyl sites for hydroxylation is 1. The predicted octanol–water partition coefficient (Wildman–Crippen LogP) is 4.77. The molecule has 1 aliphatic rings. The van der Waals surface area contributed by atoms with Crippen LogP contribution in [0.25, 0.3) is 11.0 Å². The van der Waals surface area contributed by atoms with E-state index in [-0.39, 0.29) is 12.6 Å². The van der Waals surface area contributed by atoms with Gasteiger partial charge in [0.05, 0.1) is 35.0 Å². The van der Waals surface area contributed by atoms with Crippen LogP contribution in [0.5, 0.6) is 0 Å². The molecule has 7 heteroatoms. The molecule has 1 aliphatic carbocycles. The quantitative estimate of drug-likeness (QED) is 0.336. The van der Waals surface area contributed by atoms with Gasteiger partial charge in [-0.2, -0.15) is 0 Å². The van der Waals surface area contributed by atoms with Crippen LogP contribution in [0.15, 0.2) is 79.1 Å². The van der Waals surface area contributed by atoms with Gasteiger partial charge in [-0.1, -0.05) is 48.5 Å². The van der Waals surface area contributed by atoms with Crippen LogP contribution in [-0.2, 0) is 32.7 Å². The Morgan fingerprint density at radius 1 is 0.972 bits per heavy atom. The summed E-state index contributed by atoms with van der Waals surface area (Å²) in [6.07, 6.45) is 7.21. The number of imidazole rings is 2. The molecule has 0 bridgehead atoms. The van der Waals surface area contributed by atoms with Crippen LogP contribution < -0.4 is 0 Å². The number of nitrogens with one attached hydrogen (secondary N) is 1. The van der Waals surface area contributed by atoms with E-state index in [1.165, 1.54) is 11.1 Å². The summed E-state index contributed by atoms with van der Waals surface area (Å²) in [7, 11) is 0. The molecule has 36 heavy (non-hydrogen) atoms. The van der Waals surface area contributed by atoms with Crippen molar-refractivity contribution in [3.8, 4) is 0 Å². The van der Waals surface area contributed by atoms with Crippen LogP contribution in [0.3, 0.4) is 0 Å². The number of hydrogen-bond donors (Lipinski definition) is 2. The van der Waals surface area contributed by atoms with E-state index in [1.54, 1.807) is 0 Å². The first-order chi connectivity index (χ1) is 17.8. The third-order valence-corrected chi connectivity index (χ3v) is 7.01. The van der Waals surface area contributed by atoms with Crippen molar-refractivity contribution in [3.63, 3.8) is 0 Å². The van der Waals surface area contributed by atoms with Gasteiger partial charge >= 0.3 is 0 Å². The second-order valence-electron chi connectivity index (χ2n) is 9.48. The zero-order valence-corrected chi connectivity index (χ0v) is 20.2. The summed E-state index contributed by atoms with van der Waals surface area (Å²) in [5.41, 5.74) is 6.63. The number of para-hydroxylation sites is 2. The number of hydrogen-bond acceptors (Lipinski definition) is 5. The standard InChI is InChI=1S/C29H30N6O/c36-20-28-31-23(18-35(28)16-21-8-2-1-3-9-21)17-34(19-27-32-24-12-4-5-13-25(24)33-27)26-14-6-10-22-11-7-15-30-29(22)26/h1-5,7-9,11-13,15,18,26,36H,6,10,14,16-17,19-20H2,(H,32,33). The third-order valence-electron chi connectivity index (χ3n) is 7.01. The Hall–Kier alpha value is -3.81. The monoisotopic (exact) mass is 478 g/mol. The van der Waals surface area contributed by atoms with E-state index >= 15 is 0 Å². The lowest BCUT2D eigenvalue weighted by molar-refractivity contribution is 0.151. The van der Waals surface area contributed by atoms with Gasteiger partial charge in [0.1, 0.15) is 18.3 Å². The van der Waals surface area contributed by atoms with Crippen LogP contribution in [0.4, 0.5) is 0 Å². The van der Waals surface area contributed by atoms with Gasteiger partial charge in [-0.3, -0.25) is 9.88 Å². The van der Waals surface area contributed by atoms with Gasteiger partial charge in [0, 0.05) is 25.5 Å². The maximum atomic E-state index is 10.0. The van der Waals surface area contributed by atoms with E-state index in [0.717, 1.165) is 47.5 Å². The minimum atomic E-state index is -0.0930. The Morgan fingerprint density at radius 2 is 1.83 bits per heavy atom. The molecule has 0 radical (unpaired) electrons. The first-order valence-electron chi connectivity index (χ1n) is 12.6. The number of pyridine rings is 1. The maximum Gasteiger partial charge on any atom is 0.135 e. The summed E-state index contributed by atoms with van der Waals surface area (Å²) in [6.45, 7) is 1.90. The molecule has 2 aromatic carbocycles. The lowest BCUT2D eigenvalue weighted by atomic mass is 9.90. The van der Waals surface area contributed by atoms with E-state index in [4.69, 9.17) is 15.0 Å². The van der Waals surface area contributed by atoms with Gasteiger partial charge in [-0.15, -0.1) is 0 Å². The molecule has 0 amide bonds. The molecule has 2 N–H and O–H groups in total. The number of aromatic nitrogens is 5. The van der Waals surface area contributed by atoms with E-state index in [1.807, 2.05) is 48.7 Å². The molecule has 0 aliphatic heterocycles. The van der Waals surface area contributed by atoms with Crippen molar-refractivity contribution in [2.75, 3.05) is 0 Å². The Kier molecular flexibility index (Phi) is 6.32. The van der Waals surface area contributed by atoms with Crippen LogP contribution in [0, 0.1) is 0 Å². The second-order valence-corrected chi connectivity index (χ2v) is 9.48. The van der Waals surface area contributed by atoms with Crippen LogP contribution in [0.2, 0.25) is 0 Å². The number of aliphatic hydroxyl groups is 1. The zero-order valence-electron chi connectivity index (χ0n) is 20.2. The van der Waals surface area contributed by atoms with Crippen molar-refractivity contribution in [1.29, 1.82) is 0 Å². The fourth-order valence-corrected chi connectivity index (χ4v) is 5.33. The minimum Gasteiger partial charge on any atom is -0.388 e. The van der Waals surface area contributed by atoms with Gasteiger partial charge in [-0.25, -0.2) is 9.97 Å². The molecule has 5 aromatic rings. The summed E-state index contributed by atoms with van der Waals surface area (Å²) < 4.78 is 2.05. The number of rotatable bonds is 8. The molecule has 1 atom stereocenters. The Balaban J connectivity index is 1.33. The maximum absolute atomic E-state index is 10.0. The highest BCUT2D eigenvalue weighted by Gasteiger charge is 2.29. The van der Waals surface area contributed by atoms with Crippen molar-refractivity contribution in [2.24, 2.45) is 0 Å². The predicted molar refractivity (Wildman–Crippen MR) is 139 cm³/mol. The highest BCUT2D eigenvalue weighted by atomic mass is 16.3. The first kappa shape index (κ1) is 22.6. The van der Waals surface area contributed by atoms with E-state index in [0.29, 0.717) is 25.5 Å².